The molecule has 0 atom stereocenters. The number of nitrogens with zero attached hydrogens (tertiary/aromatic N) is 1. The van der Waals surface area contributed by atoms with Gasteiger partial charge in [-0.3, -0.25) is 4.79 Å². The van der Waals surface area contributed by atoms with Gasteiger partial charge in [-0.2, -0.15) is 0 Å². The van der Waals surface area contributed by atoms with Crippen molar-refractivity contribution in [2.75, 3.05) is 7.11 Å². The number of aromatic nitrogens is 1. The number of thiazole rings is 1. The summed E-state index contributed by atoms with van der Waals surface area (Å²) in [6.45, 7) is 2.31. The second kappa shape index (κ2) is 5.64. The van der Waals surface area contributed by atoms with E-state index in [0.29, 0.717) is 11.4 Å². The fourth-order valence-electron chi connectivity index (χ4n) is 1.56. The zero-order valence-electron chi connectivity index (χ0n) is 10.3. The molecule has 2 rings (SSSR count). The Morgan fingerprint density at radius 3 is 3.00 bits per heavy atom. The molecule has 0 aliphatic heterocycles. The van der Waals surface area contributed by atoms with Crippen LogP contribution in [0.1, 0.15) is 20.9 Å². The number of hydrogen-bond donors (Lipinski definition) is 1. The number of carbonyl (C=O) groups excluding carboxylic acids is 1. The highest BCUT2D eigenvalue weighted by Gasteiger charge is 2.10. The van der Waals surface area contributed by atoms with Crippen molar-refractivity contribution in [2.24, 2.45) is 0 Å². The lowest BCUT2D eigenvalue weighted by molar-refractivity contribution is 0.0954. The van der Waals surface area contributed by atoms with Gasteiger partial charge in [-0.15, -0.1) is 11.3 Å². The quantitative estimate of drug-likeness (QED) is 0.920. The number of benzene rings is 1. The summed E-state index contributed by atoms with van der Waals surface area (Å²) in [5.41, 5.74) is 3.45. The van der Waals surface area contributed by atoms with E-state index in [1.54, 1.807) is 12.6 Å². The molecule has 0 radical (unpaired) electrons. The number of hydrogen-bond acceptors (Lipinski definition) is 4. The third-order valence-corrected chi connectivity index (χ3v) is 3.47. The molecule has 1 aromatic heterocycles. The first-order chi connectivity index (χ1) is 8.70. The standard InChI is InChI=1S/C13H14N2O2S/c1-9-12(18-8-15-9)13(16)14-7-10-4-3-5-11(6-10)17-2/h3-6,8H,7H2,1-2H3,(H,14,16). The number of methoxy groups -OCH3 is 1. The molecule has 94 valence electrons. The minimum absolute atomic E-state index is 0.0854. The molecule has 0 bridgehead atoms. The van der Waals surface area contributed by atoms with E-state index in [0.717, 1.165) is 17.0 Å². The van der Waals surface area contributed by atoms with Crippen molar-refractivity contribution in [3.8, 4) is 5.75 Å². The number of nitrogens with one attached hydrogen (secondary N) is 1. The molecule has 1 heterocycles. The molecule has 0 unspecified atom stereocenters. The molecule has 0 spiro atoms. The van der Waals surface area contributed by atoms with Crippen LogP contribution >= 0.6 is 11.3 Å². The van der Waals surface area contributed by atoms with E-state index in [-0.39, 0.29) is 5.91 Å². The maximum Gasteiger partial charge on any atom is 0.263 e. The van der Waals surface area contributed by atoms with Crippen molar-refractivity contribution in [1.82, 2.24) is 10.3 Å². The average molecular weight is 262 g/mol. The van der Waals surface area contributed by atoms with Crippen molar-refractivity contribution in [3.05, 3.63) is 45.9 Å². The Bertz CT molecular complexity index is 551. The molecule has 5 heteroatoms. The fraction of sp³-hybridized carbons (Fsp3) is 0.231. The highest BCUT2D eigenvalue weighted by molar-refractivity contribution is 7.11. The fourth-order valence-corrected chi connectivity index (χ4v) is 2.28. The zero-order chi connectivity index (χ0) is 13.0. The lowest BCUT2D eigenvalue weighted by Crippen LogP contribution is -2.22. The first-order valence-corrected chi connectivity index (χ1v) is 6.40. The highest BCUT2D eigenvalue weighted by atomic mass is 32.1. The van der Waals surface area contributed by atoms with Crippen LogP contribution in [0.25, 0.3) is 0 Å². The summed E-state index contributed by atoms with van der Waals surface area (Å²) in [7, 11) is 1.62. The molecule has 0 fully saturated rings. The minimum Gasteiger partial charge on any atom is -0.497 e. The molecule has 0 saturated carbocycles. The third kappa shape index (κ3) is 2.87. The molecule has 0 saturated heterocycles. The molecular weight excluding hydrogens is 248 g/mol. The first kappa shape index (κ1) is 12.6. The second-order valence-corrected chi connectivity index (χ2v) is 4.66. The maximum atomic E-state index is 11.9. The van der Waals surface area contributed by atoms with Gasteiger partial charge in [-0.05, 0) is 24.6 Å². The van der Waals surface area contributed by atoms with Crippen LogP contribution in [0.3, 0.4) is 0 Å². The van der Waals surface area contributed by atoms with Gasteiger partial charge in [0.15, 0.2) is 0 Å². The molecule has 2 aromatic rings. The Labute approximate surface area is 110 Å². The minimum atomic E-state index is -0.0854. The maximum absolute atomic E-state index is 11.9. The molecule has 0 aliphatic carbocycles. The summed E-state index contributed by atoms with van der Waals surface area (Å²) in [4.78, 5) is 16.6. The largest absolute Gasteiger partial charge is 0.497 e. The van der Waals surface area contributed by atoms with Gasteiger partial charge in [0.2, 0.25) is 0 Å². The van der Waals surface area contributed by atoms with Gasteiger partial charge in [0, 0.05) is 6.54 Å². The number of carbonyl (C=O) groups is 1. The van der Waals surface area contributed by atoms with Gasteiger partial charge in [-0.1, -0.05) is 12.1 Å². The molecule has 4 nitrogen and oxygen atoms in total. The summed E-state index contributed by atoms with van der Waals surface area (Å²) in [6.07, 6.45) is 0. The van der Waals surface area contributed by atoms with Gasteiger partial charge < -0.3 is 10.1 Å². The lowest BCUT2D eigenvalue weighted by atomic mass is 10.2. The molecule has 1 aromatic carbocycles. The van der Waals surface area contributed by atoms with Gasteiger partial charge in [-0.25, -0.2) is 4.98 Å². The van der Waals surface area contributed by atoms with Gasteiger partial charge in [0.25, 0.3) is 5.91 Å². The number of aryl methyl sites for hydroxylation is 1. The van der Waals surface area contributed by atoms with Crippen LogP contribution in [0.5, 0.6) is 5.75 Å². The van der Waals surface area contributed by atoms with Crippen molar-refractivity contribution in [3.63, 3.8) is 0 Å². The van der Waals surface area contributed by atoms with Gasteiger partial charge in [0.05, 0.1) is 18.3 Å². The topological polar surface area (TPSA) is 51.2 Å². The SMILES string of the molecule is COc1cccc(CNC(=O)c2scnc2C)c1. The summed E-state index contributed by atoms with van der Waals surface area (Å²) in [5.74, 6) is 0.702. The van der Waals surface area contributed by atoms with Gasteiger partial charge in [0.1, 0.15) is 10.6 Å². The van der Waals surface area contributed by atoms with Crippen LogP contribution in [0.4, 0.5) is 0 Å². The summed E-state index contributed by atoms with van der Waals surface area (Å²) in [6, 6.07) is 7.62. The van der Waals surface area contributed by atoms with Crippen LogP contribution in [-0.2, 0) is 6.54 Å². The smallest absolute Gasteiger partial charge is 0.263 e. The molecule has 1 amide bonds. The second-order valence-electron chi connectivity index (χ2n) is 3.80. The van der Waals surface area contributed by atoms with Crippen molar-refractivity contribution < 1.29 is 9.53 Å². The zero-order valence-corrected chi connectivity index (χ0v) is 11.1. The summed E-state index contributed by atoms with van der Waals surface area (Å²) in [5, 5.41) is 2.87. The predicted molar refractivity (Wildman–Crippen MR) is 71.0 cm³/mol. The average Bonchev–Trinajstić information content (AvgIpc) is 2.82. The number of amides is 1. The van der Waals surface area contributed by atoms with Crippen LogP contribution in [0.2, 0.25) is 0 Å². The van der Waals surface area contributed by atoms with Crippen LogP contribution in [-0.4, -0.2) is 18.0 Å². The van der Waals surface area contributed by atoms with E-state index in [4.69, 9.17) is 4.74 Å². The molecular formula is C13H14N2O2S. The lowest BCUT2D eigenvalue weighted by Gasteiger charge is -2.06. The Hall–Kier alpha value is -1.88. The predicted octanol–water partition coefficient (Wildman–Crippen LogP) is 2.39. The van der Waals surface area contributed by atoms with Crippen LogP contribution < -0.4 is 10.1 Å². The Morgan fingerprint density at radius 2 is 2.33 bits per heavy atom. The van der Waals surface area contributed by atoms with E-state index >= 15 is 0 Å². The van der Waals surface area contributed by atoms with E-state index in [9.17, 15) is 4.79 Å². The Kier molecular flexibility index (Phi) is 3.94. The molecule has 0 aliphatic rings. The third-order valence-electron chi connectivity index (χ3n) is 2.54. The highest BCUT2D eigenvalue weighted by Crippen LogP contribution is 2.14. The van der Waals surface area contributed by atoms with E-state index in [1.807, 2.05) is 31.2 Å². The van der Waals surface area contributed by atoms with E-state index in [1.165, 1.54) is 11.3 Å². The van der Waals surface area contributed by atoms with Crippen molar-refractivity contribution in [2.45, 2.75) is 13.5 Å². The number of ether oxygens (including phenoxy) is 1. The van der Waals surface area contributed by atoms with Crippen molar-refractivity contribution >= 4 is 17.2 Å². The van der Waals surface area contributed by atoms with Crippen molar-refractivity contribution in [1.29, 1.82) is 0 Å². The normalized spacial score (nSPS) is 10.1. The summed E-state index contributed by atoms with van der Waals surface area (Å²) < 4.78 is 5.13. The van der Waals surface area contributed by atoms with E-state index in [2.05, 4.69) is 10.3 Å². The van der Waals surface area contributed by atoms with Crippen LogP contribution in [0, 0.1) is 6.92 Å². The van der Waals surface area contributed by atoms with E-state index < -0.39 is 0 Å². The Morgan fingerprint density at radius 1 is 1.50 bits per heavy atom. The number of rotatable bonds is 4. The molecule has 1 N–H and O–H groups in total. The molecule has 18 heavy (non-hydrogen) atoms. The van der Waals surface area contributed by atoms with Crippen LogP contribution in [0.15, 0.2) is 29.8 Å². The first-order valence-electron chi connectivity index (χ1n) is 5.52. The van der Waals surface area contributed by atoms with Gasteiger partial charge >= 0.3 is 0 Å². The Balaban J connectivity index is 1.99. The monoisotopic (exact) mass is 262 g/mol. The summed E-state index contributed by atoms with van der Waals surface area (Å²) >= 11 is 1.35.